The van der Waals surface area contributed by atoms with E-state index in [1.165, 1.54) is 17.1 Å². The van der Waals surface area contributed by atoms with Gasteiger partial charge in [-0.05, 0) is 54.8 Å². The maximum atomic E-state index is 3.60. The van der Waals surface area contributed by atoms with Gasteiger partial charge in [-0.1, -0.05) is 45.9 Å². The lowest BCUT2D eigenvalue weighted by Crippen LogP contribution is -2.28. The molecular formula is C18H29NS. The summed E-state index contributed by atoms with van der Waals surface area (Å²) in [5, 5.41) is 3.60. The van der Waals surface area contributed by atoms with Gasteiger partial charge in [0.05, 0.1) is 0 Å². The number of hydrogen-bond donors (Lipinski definition) is 1. The van der Waals surface area contributed by atoms with Crippen LogP contribution < -0.4 is 5.32 Å². The fourth-order valence-corrected chi connectivity index (χ4v) is 4.18. The van der Waals surface area contributed by atoms with E-state index >= 15 is 0 Å². The Morgan fingerprint density at radius 3 is 2.60 bits per heavy atom. The van der Waals surface area contributed by atoms with E-state index in [2.05, 4.69) is 57.3 Å². The molecule has 1 nitrogen and oxygen atoms in total. The summed E-state index contributed by atoms with van der Waals surface area (Å²) < 4.78 is 0. The van der Waals surface area contributed by atoms with Gasteiger partial charge in [0.15, 0.2) is 0 Å². The van der Waals surface area contributed by atoms with Crippen molar-refractivity contribution in [3.63, 3.8) is 0 Å². The minimum Gasteiger partial charge on any atom is -0.316 e. The normalized spacial score (nSPS) is 20.9. The molecule has 0 fully saturated rings. The lowest BCUT2D eigenvalue weighted by Gasteiger charge is -2.24. The molecule has 0 bridgehead atoms. The number of benzene rings is 1. The molecular weight excluding hydrogens is 262 g/mol. The average Bonchev–Trinajstić information content (AvgIpc) is 2.81. The number of rotatable bonds is 7. The molecule has 1 heterocycles. The largest absolute Gasteiger partial charge is 0.316 e. The van der Waals surface area contributed by atoms with Crippen LogP contribution >= 0.6 is 11.8 Å². The van der Waals surface area contributed by atoms with E-state index in [1.807, 2.05) is 11.8 Å². The Morgan fingerprint density at radius 2 is 1.85 bits per heavy atom. The molecule has 0 amide bonds. The molecule has 0 spiro atoms. The molecule has 0 radical (unpaired) electrons. The molecule has 3 atom stereocenters. The fourth-order valence-electron chi connectivity index (χ4n) is 2.91. The van der Waals surface area contributed by atoms with Gasteiger partial charge < -0.3 is 5.32 Å². The van der Waals surface area contributed by atoms with E-state index in [0.717, 1.165) is 36.8 Å². The maximum Gasteiger partial charge on any atom is 0.0107 e. The highest BCUT2D eigenvalue weighted by Crippen LogP contribution is 2.43. The van der Waals surface area contributed by atoms with E-state index < -0.39 is 0 Å². The number of hydrogen-bond acceptors (Lipinski definition) is 2. The summed E-state index contributed by atoms with van der Waals surface area (Å²) in [4.78, 5) is 1.51. The number of fused-ring (bicyclic) bond motifs is 1. The zero-order chi connectivity index (χ0) is 14.5. The summed E-state index contributed by atoms with van der Waals surface area (Å²) in [7, 11) is 0. The van der Waals surface area contributed by atoms with Crippen molar-refractivity contribution in [3.05, 3.63) is 29.8 Å². The van der Waals surface area contributed by atoms with Gasteiger partial charge in [-0.3, -0.25) is 0 Å². The standard InChI is InChI=1S/C18H29NS/c1-13(2)10-19-11-15(4)14(3)9-16-12-20-18-8-6-5-7-17(16)18/h5-8,13-16,19H,9-12H2,1-4H3. The molecule has 0 aliphatic carbocycles. The lowest BCUT2D eigenvalue weighted by molar-refractivity contribution is 0.327. The smallest absolute Gasteiger partial charge is 0.0107 e. The van der Waals surface area contributed by atoms with Crippen LogP contribution in [0.15, 0.2) is 29.2 Å². The van der Waals surface area contributed by atoms with E-state index in [1.54, 1.807) is 5.56 Å². The monoisotopic (exact) mass is 291 g/mol. The van der Waals surface area contributed by atoms with Crippen molar-refractivity contribution < 1.29 is 0 Å². The minimum atomic E-state index is 0.746. The molecule has 1 N–H and O–H groups in total. The van der Waals surface area contributed by atoms with Gasteiger partial charge in [-0.2, -0.15) is 0 Å². The van der Waals surface area contributed by atoms with Gasteiger partial charge >= 0.3 is 0 Å². The Labute approximate surface area is 128 Å². The Hall–Kier alpha value is -0.470. The lowest BCUT2D eigenvalue weighted by atomic mass is 9.84. The summed E-state index contributed by atoms with van der Waals surface area (Å²) in [5.41, 5.74) is 1.59. The average molecular weight is 292 g/mol. The highest BCUT2D eigenvalue weighted by Gasteiger charge is 2.25. The SMILES string of the molecule is CC(C)CNCC(C)C(C)CC1CSc2ccccc21. The second kappa shape index (κ2) is 7.51. The first-order chi connectivity index (χ1) is 9.58. The van der Waals surface area contributed by atoms with E-state index in [4.69, 9.17) is 0 Å². The van der Waals surface area contributed by atoms with Crippen LogP contribution in [0.1, 0.15) is 45.6 Å². The van der Waals surface area contributed by atoms with Crippen LogP contribution in [0.2, 0.25) is 0 Å². The van der Waals surface area contributed by atoms with Crippen LogP contribution in [0.5, 0.6) is 0 Å². The van der Waals surface area contributed by atoms with Crippen molar-refractivity contribution in [2.45, 2.75) is 44.9 Å². The van der Waals surface area contributed by atoms with Crippen LogP contribution in [0.3, 0.4) is 0 Å². The molecule has 2 rings (SSSR count). The van der Waals surface area contributed by atoms with Gasteiger partial charge in [0.25, 0.3) is 0 Å². The zero-order valence-corrected chi connectivity index (χ0v) is 14.2. The van der Waals surface area contributed by atoms with Gasteiger partial charge in [-0.25, -0.2) is 0 Å². The van der Waals surface area contributed by atoms with Crippen LogP contribution in [-0.4, -0.2) is 18.8 Å². The zero-order valence-electron chi connectivity index (χ0n) is 13.4. The Morgan fingerprint density at radius 1 is 1.10 bits per heavy atom. The van der Waals surface area contributed by atoms with Gasteiger partial charge in [0.1, 0.15) is 0 Å². The van der Waals surface area contributed by atoms with Crippen LogP contribution in [0.25, 0.3) is 0 Å². The summed E-state index contributed by atoms with van der Waals surface area (Å²) >= 11 is 2.04. The first-order valence-electron chi connectivity index (χ1n) is 8.00. The molecule has 1 aliphatic heterocycles. The summed E-state index contributed by atoms with van der Waals surface area (Å²) in [6.07, 6.45) is 1.33. The molecule has 2 heteroatoms. The molecule has 20 heavy (non-hydrogen) atoms. The summed E-state index contributed by atoms with van der Waals surface area (Å²) in [6, 6.07) is 8.96. The Kier molecular flexibility index (Phi) is 5.98. The predicted molar refractivity (Wildman–Crippen MR) is 90.6 cm³/mol. The molecule has 0 aromatic heterocycles. The second-order valence-corrected chi connectivity index (χ2v) is 7.85. The molecule has 112 valence electrons. The summed E-state index contributed by atoms with van der Waals surface area (Å²) in [6.45, 7) is 11.7. The minimum absolute atomic E-state index is 0.746. The van der Waals surface area contributed by atoms with Crippen molar-refractivity contribution in [2.75, 3.05) is 18.8 Å². The maximum absolute atomic E-state index is 3.60. The van der Waals surface area contributed by atoms with E-state index in [9.17, 15) is 0 Å². The van der Waals surface area contributed by atoms with Crippen molar-refractivity contribution in [1.82, 2.24) is 5.32 Å². The molecule has 0 saturated heterocycles. The molecule has 1 aliphatic rings. The predicted octanol–water partition coefficient (Wildman–Crippen LogP) is 4.78. The molecule has 0 saturated carbocycles. The molecule has 1 aromatic rings. The van der Waals surface area contributed by atoms with Crippen molar-refractivity contribution >= 4 is 11.8 Å². The van der Waals surface area contributed by atoms with Crippen molar-refractivity contribution in [3.8, 4) is 0 Å². The van der Waals surface area contributed by atoms with Gasteiger partial charge in [-0.15, -0.1) is 11.8 Å². The molecule has 1 aromatic carbocycles. The van der Waals surface area contributed by atoms with Crippen LogP contribution in [0.4, 0.5) is 0 Å². The first-order valence-corrected chi connectivity index (χ1v) is 8.99. The summed E-state index contributed by atoms with van der Waals surface area (Å²) in [5.74, 6) is 4.32. The second-order valence-electron chi connectivity index (χ2n) is 6.79. The highest BCUT2D eigenvalue weighted by molar-refractivity contribution is 7.99. The van der Waals surface area contributed by atoms with Gasteiger partial charge in [0, 0.05) is 10.6 Å². The van der Waals surface area contributed by atoms with Gasteiger partial charge in [0.2, 0.25) is 0 Å². The Balaban J connectivity index is 1.81. The van der Waals surface area contributed by atoms with E-state index in [0.29, 0.717) is 0 Å². The van der Waals surface area contributed by atoms with Crippen molar-refractivity contribution in [1.29, 1.82) is 0 Å². The topological polar surface area (TPSA) is 12.0 Å². The number of nitrogens with one attached hydrogen (secondary N) is 1. The third-order valence-corrected chi connectivity index (χ3v) is 5.70. The Bertz CT molecular complexity index is 416. The van der Waals surface area contributed by atoms with E-state index in [-0.39, 0.29) is 0 Å². The number of thioether (sulfide) groups is 1. The van der Waals surface area contributed by atoms with Crippen LogP contribution in [0, 0.1) is 17.8 Å². The third-order valence-electron chi connectivity index (χ3n) is 4.45. The highest BCUT2D eigenvalue weighted by atomic mass is 32.2. The van der Waals surface area contributed by atoms with Crippen LogP contribution in [-0.2, 0) is 0 Å². The fraction of sp³-hybridized carbons (Fsp3) is 0.667. The third kappa shape index (κ3) is 4.26. The van der Waals surface area contributed by atoms with Crippen molar-refractivity contribution in [2.24, 2.45) is 17.8 Å². The quantitative estimate of drug-likeness (QED) is 0.775. The molecule has 3 unspecified atom stereocenters. The first kappa shape index (κ1) is 15.9.